The Bertz CT molecular complexity index is 1240. The van der Waals surface area contributed by atoms with E-state index in [1.807, 2.05) is 25.1 Å². The molecule has 174 valence electrons. The van der Waals surface area contributed by atoms with Gasteiger partial charge in [0.1, 0.15) is 17.6 Å². The van der Waals surface area contributed by atoms with E-state index in [4.69, 9.17) is 5.26 Å². The highest BCUT2D eigenvalue weighted by Crippen LogP contribution is 2.33. The first kappa shape index (κ1) is 23.0. The molecule has 0 radical (unpaired) electrons. The number of carbonyl (C=O) groups is 1. The molecule has 1 atom stereocenters. The third-order valence-electron chi connectivity index (χ3n) is 5.60. The number of anilines is 2. The van der Waals surface area contributed by atoms with Gasteiger partial charge in [-0.05, 0) is 54.8 Å². The first-order valence-electron chi connectivity index (χ1n) is 10.5. The number of amides is 1. The van der Waals surface area contributed by atoms with E-state index >= 15 is 0 Å². The van der Waals surface area contributed by atoms with Crippen LogP contribution in [-0.4, -0.2) is 35.3 Å². The number of hydrogen-bond donors (Lipinski definition) is 1. The molecule has 1 aliphatic heterocycles. The molecule has 0 bridgehead atoms. The number of halogens is 3. The number of nitrogens with zero attached hydrogens (tertiary/aromatic N) is 4. The molecule has 7 nitrogen and oxygen atoms in total. The monoisotopic (exact) mass is 467 g/mol. The summed E-state index contributed by atoms with van der Waals surface area (Å²) in [4.78, 5) is 22.9. The highest BCUT2D eigenvalue weighted by molar-refractivity contribution is 6.04. The predicted molar refractivity (Wildman–Crippen MR) is 119 cm³/mol. The van der Waals surface area contributed by atoms with E-state index < -0.39 is 18.0 Å². The van der Waals surface area contributed by atoms with Crippen molar-refractivity contribution in [2.75, 3.05) is 23.3 Å². The average Bonchev–Trinajstić information content (AvgIpc) is 3.30. The molecule has 4 rings (SSSR count). The Balaban J connectivity index is 1.46. The van der Waals surface area contributed by atoms with Crippen LogP contribution in [0.25, 0.3) is 0 Å². The number of hydrogen-bond acceptors (Lipinski definition) is 6. The van der Waals surface area contributed by atoms with Crippen molar-refractivity contribution < 1.29 is 22.7 Å². The van der Waals surface area contributed by atoms with E-state index in [0.29, 0.717) is 11.1 Å². The topological polar surface area (TPSA) is 91.1 Å². The quantitative estimate of drug-likeness (QED) is 0.580. The van der Waals surface area contributed by atoms with Gasteiger partial charge in [-0.15, -0.1) is 13.2 Å². The van der Waals surface area contributed by atoms with Crippen molar-refractivity contribution in [3.8, 4) is 11.8 Å². The van der Waals surface area contributed by atoms with Crippen molar-refractivity contribution in [3.05, 3.63) is 77.2 Å². The van der Waals surface area contributed by atoms with Gasteiger partial charge in [-0.1, -0.05) is 6.07 Å². The number of aromatic nitrogens is 2. The molecule has 3 aromatic rings. The SMILES string of the molecule is Cc1ccc(C(=O)Nc2ccc(OC(F)(F)F)cn2)cc1[C@@H]1CCN(c2cncc(C#N)c2)C1. The molecule has 1 saturated heterocycles. The Morgan fingerprint density at radius 2 is 2.03 bits per heavy atom. The molecule has 0 saturated carbocycles. The summed E-state index contributed by atoms with van der Waals surface area (Å²) in [6.07, 6.45) is 0.223. The Hall–Kier alpha value is -4.13. The maximum Gasteiger partial charge on any atom is 0.573 e. The molecule has 34 heavy (non-hydrogen) atoms. The number of pyridine rings is 2. The van der Waals surface area contributed by atoms with Crippen LogP contribution in [0, 0.1) is 18.3 Å². The zero-order chi connectivity index (χ0) is 24.3. The van der Waals surface area contributed by atoms with Crippen LogP contribution < -0.4 is 15.0 Å². The van der Waals surface area contributed by atoms with E-state index in [-0.39, 0.29) is 11.7 Å². The summed E-state index contributed by atoms with van der Waals surface area (Å²) in [5.41, 5.74) is 3.91. The van der Waals surface area contributed by atoms with Crippen molar-refractivity contribution in [2.24, 2.45) is 0 Å². The number of nitrogens with one attached hydrogen (secondary N) is 1. The molecular formula is C24H20F3N5O2. The second kappa shape index (κ2) is 9.39. The van der Waals surface area contributed by atoms with Gasteiger partial charge in [0, 0.05) is 30.8 Å². The molecule has 1 N–H and O–H groups in total. The van der Waals surface area contributed by atoms with Crippen LogP contribution in [0.5, 0.6) is 5.75 Å². The molecule has 10 heteroatoms. The van der Waals surface area contributed by atoms with Crippen molar-refractivity contribution in [2.45, 2.75) is 25.6 Å². The lowest BCUT2D eigenvalue weighted by Gasteiger charge is -2.19. The fraction of sp³-hybridized carbons (Fsp3) is 0.250. The number of alkyl halides is 3. The lowest BCUT2D eigenvalue weighted by molar-refractivity contribution is -0.274. The number of ether oxygens (including phenoxy) is 1. The van der Waals surface area contributed by atoms with Crippen LogP contribution in [-0.2, 0) is 0 Å². The molecule has 1 amide bonds. The average molecular weight is 467 g/mol. The largest absolute Gasteiger partial charge is 0.573 e. The normalized spacial score (nSPS) is 15.6. The molecule has 3 heterocycles. The summed E-state index contributed by atoms with van der Waals surface area (Å²) in [5, 5.41) is 11.7. The van der Waals surface area contributed by atoms with Gasteiger partial charge in [0.05, 0.1) is 23.6 Å². The number of aryl methyl sites for hydroxylation is 1. The first-order chi connectivity index (χ1) is 16.2. The van der Waals surface area contributed by atoms with Gasteiger partial charge in [0.25, 0.3) is 5.91 Å². The number of benzene rings is 1. The number of carbonyl (C=O) groups excluding carboxylic acids is 1. The summed E-state index contributed by atoms with van der Waals surface area (Å²) in [6, 6.07) is 11.6. The third-order valence-corrected chi connectivity index (χ3v) is 5.60. The smallest absolute Gasteiger partial charge is 0.404 e. The van der Waals surface area contributed by atoms with Crippen LogP contribution in [0.15, 0.2) is 55.0 Å². The Kier molecular flexibility index (Phi) is 6.36. The Labute approximate surface area is 193 Å². The van der Waals surface area contributed by atoms with Gasteiger partial charge in [-0.3, -0.25) is 9.78 Å². The van der Waals surface area contributed by atoms with Gasteiger partial charge in [-0.25, -0.2) is 4.98 Å². The fourth-order valence-electron chi connectivity index (χ4n) is 3.97. The highest BCUT2D eigenvalue weighted by Gasteiger charge is 2.31. The minimum atomic E-state index is -4.81. The summed E-state index contributed by atoms with van der Waals surface area (Å²) in [6.45, 7) is 3.51. The summed E-state index contributed by atoms with van der Waals surface area (Å²) in [5.74, 6) is -0.586. The van der Waals surface area contributed by atoms with Crippen molar-refractivity contribution in [1.29, 1.82) is 5.26 Å². The van der Waals surface area contributed by atoms with Crippen molar-refractivity contribution in [3.63, 3.8) is 0 Å². The second-order valence-electron chi connectivity index (χ2n) is 7.93. The molecule has 0 spiro atoms. The van der Waals surface area contributed by atoms with Crippen LogP contribution >= 0.6 is 0 Å². The molecule has 1 aliphatic rings. The van der Waals surface area contributed by atoms with Gasteiger partial charge in [-0.2, -0.15) is 5.26 Å². The first-order valence-corrected chi connectivity index (χ1v) is 10.5. The number of rotatable bonds is 5. The second-order valence-corrected chi connectivity index (χ2v) is 7.93. The summed E-state index contributed by atoms with van der Waals surface area (Å²) >= 11 is 0. The molecule has 1 aromatic carbocycles. The van der Waals surface area contributed by atoms with Crippen LogP contribution in [0.4, 0.5) is 24.7 Å². The van der Waals surface area contributed by atoms with E-state index in [9.17, 15) is 18.0 Å². The van der Waals surface area contributed by atoms with Crippen LogP contribution in [0.3, 0.4) is 0 Å². The van der Waals surface area contributed by atoms with E-state index in [1.165, 1.54) is 12.3 Å². The fourth-order valence-corrected chi connectivity index (χ4v) is 3.97. The molecule has 2 aromatic heterocycles. The summed E-state index contributed by atoms with van der Waals surface area (Å²) < 4.78 is 40.7. The minimum absolute atomic E-state index is 0.110. The van der Waals surface area contributed by atoms with Crippen LogP contribution in [0.1, 0.15) is 39.4 Å². The van der Waals surface area contributed by atoms with E-state index in [0.717, 1.165) is 48.6 Å². The Morgan fingerprint density at radius 3 is 2.74 bits per heavy atom. The van der Waals surface area contributed by atoms with Gasteiger partial charge in [0.2, 0.25) is 0 Å². The van der Waals surface area contributed by atoms with Crippen LogP contribution in [0.2, 0.25) is 0 Å². The Morgan fingerprint density at radius 1 is 1.21 bits per heavy atom. The number of nitriles is 1. The third kappa shape index (κ3) is 5.43. The van der Waals surface area contributed by atoms with Gasteiger partial charge in [0.15, 0.2) is 0 Å². The lowest BCUT2D eigenvalue weighted by Crippen LogP contribution is -2.20. The van der Waals surface area contributed by atoms with Crippen molar-refractivity contribution in [1.82, 2.24) is 9.97 Å². The van der Waals surface area contributed by atoms with Gasteiger partial charge >= 0.3 is 6.36 Å². The zero-order valence-corrected chi connectivity index (χ0v) is 18.1. The van der Waals surface area contributed by atoms with Crippen molar-refractivity contribution >= 4 is 17.4 Å². The summed E-state index contributed by atoms with van der Waals surface area (Å²) in [7, 11) is 0. The molecule has 0 aliphatic carbocycles. The molecular weight excluding hydrogens is 447 g/mol. The van der Waals surface area contributed by atoms with Gasteiger partial charge < -0.3 is 15.0 Å². The predicted octanol–water partition coefficient (Wildman–Crippen LogP) is 4.80. The zero-order valence-electron chi connectivity index (χ0n) is 18.1. The highest BCUT2D eigenvalue weighted by atomic mass is 19.4. The van der Waals surface area contributed by atoms with E-state index in [2.05, 4.69) is 31.0 Å². The molecule has 0 unspecified atom stereocenters. The van der Waals surface area contributed by atoms with E-state index in [1.54, 1.807) is 12.3 Å². The minimum Gasteiger partial charge on any atom is -0.404 e. The standard InChI is InChI=1S/C24H20F3N5O2/c1-15-2-3-17(23(33)31-22-5-4-20(13-30-22)34-24(25,26)27)9-21(15)18-6-7-32(14-18)19-8-16(10-28)11-29-12-19/h2-5,8-9,11-13,18H,6-7,14H2,1H3,(H,30,31,33)/t18-/m1/s1. The molecule has 1 fully saturated rings. The lowest BCUT2D eigenvalue weighted by atomic mass is 9.92. The maximum absolute atomic E-state index is 12.8. The maximum atomic E-state index is 12.8.